The number of rotatable bonds is 9. The highest BCUT2D eigenvalue weighted by Gasteiger charge is 2.31. The summed E-state index contributed by atoms with van der Waals surface area (Å²) < 4.78 is 31.2. The van der Waals surface area contributed by atoms with Crippen molar-refractivity contribution in [3.63, 3.8) is 0 Å². The molecule has 8 nitrogen and oxygen atoms in total. The van der Waals surface area contributed by atoms with E-state index in [9.17, 15) is 13.2 Å². The third-order valence-corrected chi connectivity index (χ3v) is 10.3. The van der Waals surface area contributed by atoms with Gasteiger partial charge in [-0.1, -0.05) is 55.2 Å². The Morgan fingerprint density at radius 1 is 1.11 bits per heavy atom. The molecular formula is C27H30ClN5O3S2. The van der Waals surface area contributed by atoms with Crippen molar-refractivity contribution in [2.45, 2.75) is 56.5 Å². The van der Waals surface area contributed by atoms with Crippen molar-refractivity contribution in [3.05, 3.63) is 71.5 Å². The number of para-hydroxylation sites is 1. The maximum atomic E-state index is 13.7. The van der Waals surface area contributed by atoms with E-state index in [1.807, 2.05) is 31.3 Å². The number of aromatic nitrogens is 3. The average Bonchev–Trinajstić information content (AvgIpc) is 3.61. The van der Waals surface area contributed by atoms with Gasteiger partial charge in [-0.25, -0.2) is 13.4 Å². The molecule has 0 spiro atoms. The van der Waals surface area contributed by atoms with Gasteiger partial charge in [0.05, 0.1) is 21.2 Å². The van der Waals surface area contributed by atoms with Crippen LogP contribution in [-0.4, -0.2) is 52.5 Å². The number of hydrogen-bond acceptors (Lipinski definition) is 6. The third kappa shape index (κ3) is 5.49. The number of benzene rings is 2. The first-order valence-electron chi connectivity index (χ1n) is 12.8. The molecule has 200 valence electrons. The summed E-state index contributed by atoms with van der Waals surface area (Å²) in [6, 6.07) is 13.7. The van der Waals surface area contributed by atoms with Crippen molar-refractivity contribution >= 4 is 54.2 Å². The van der Waals surface area contributed by atoms with Crippen molar-refractivity contribution in [1.29, 1.82) is 0 Å². The van der Waals surface area contributed by atoms with Gasteiger partial charge in [0.1, 0.15) is 5.52 Å². The van der Waals surface area contributed by atoms with Crippen LogP contribution in [-0.2, 0) is 16.6 Å². The Labute approximate surface area is 231 Å². The molecule has 2 aromatic carbocycles. The van der Waals surface area contributed by atoms with E-state index in [1.54, 1.807) is 38.3 Å². The fourth-order valence-corrected chi connectivity index (χ4v) is 7.98. The number of carbonyl (C=O) groups is 1. The molecule has 1 saturated carbocycles. The van der Waals surface area contributed by atoms with Crippen molar-refractivity contribution < 1.29 is 13.2 Å². The fraction of sp³-hybridized carbons (Fsp3) is 0.370. The monoisotopic (exact) mass is 571 g/mol. The standard InChI is InChI=1S/C27H30ClN5O3S2/c1-2-33(21-8-4-3-5-9-21)38(35,36)22-14-12-20(13-15-22)26(34)32(19-18-31-17-7-16-29-31)27-30-25-23(28)10-6-11-24(25)37-27/h6-7,10-17,21H,2-5,8-9,18-19H2,1H3. The Kier molecular flexibility index (Phi) is 8.13. The second kappa shape index (κ2) is 11.5. The summed E-state index contributed by atoms with van der Waals surface area (Å²) in [4.78, 5) is 20.2. The van der Waals surface area contributed by atoms with Gasteiger partial charge in [0.25, 0.3) is 5.91 Å². The highest BCUT2D eigenvalue weighted by molar-refractivity contribution is 7.89. The van der Waals surface area contributed by atoms with Crippen molar-refractivity contribution in [2.75, 3.05) is 18.0 Å². The van der Waals surface area contributed by atoms with Gasteiger partial charge >= 0.3 is 0 Å². The summed E-state index contributed by atoms with van der Waals surface area (Å²) in [6.45, 7) is 3.12. The minimum absolute atomic E-state index is 0.0312. The van der Waals surface area contributed by atoms with Gasteiger partial charge in [0.2, 0.25) is 10.0 Å². The smallest absolute Gasteiger partial charge is 0.260 e. The zero-order chi connectivity index (χ0) is 26.7. The highest BCUT2D eigenvalue weighted by Crippen LogP contribution is 2.34. The number of amides is 1. The maximum Gasteiger partial charge on any atom is 0.260 e. The van der Waals surface area contributed by atoms with E-state index in [0.717, 1.165) is 36.8 Å². The quantitative estimate of drug-likeness (QED) is 0.252. The van der Waals surface area contributed by atoms with E-state index in [1.165, 1.54) is 23.5 Å². The van der Waals surface area contributed by atoms with Crippen LogP contribution < -0.4 is 4.90 Å². The molecule has 5 rings (SSSR count). The maximum absolute atomic E-state index is 13.7. The highest BCUT2D eigenvalue weighted by atomic mass is 35.5. The first-order chi connectivity index (χ1) is 18.4. The molecular weight excluding hydrogens is 542 g/mol. The van der Waals surface area contributed by atoms with Crippen molar-refractivity contribution in [3.8, 4) is 0 Å². The predicted octanol–water partition coefficient (Wildman–Crippen LogP) is 5.84. The van der Waals surface area contributed by atoms with Crippen LogP contribution in [0.3, 0.4) is 0 Å². The van der Waals surface area contributed by atoms with Crippen LogP contribution in [0.2, 0.25) is 5.02 Å². The first-order valence-corrected chi connectivity index (χ1v) is 15.5. The number of hydrogen-bond donors (Lipinski definition) is 0. The van der Waals surface area contributed by atoms with Gasteiger partial charge in [-0.2, -0.15) is 9.40 Å². The molecule has 2 aromatic heterocycles. The van der Waals surface area contributed by atoms with Crippen molar-refractivity contribution in [2.24, 2.45) is 0 Å². The number of halogens is 1. The molecule has 1 fully saturated rings. The van der Waals surface area contributed by atoms with E-state index in [4.69, 9.17) is 11.6 Å². The third-order valence-electron chi connectivity index (χ3n) is 6.95. The van der Waals surface area contributed by atoms with E-state index in [0.29, 0.717) is 40.9 Å². The van der Waals surface area contributed by atoms with Crippen LogP contribution >= 0.6 is 22.9 Å². The number of carbonyl (C=O) groups excluding carboxylic acids is 1. The van der Waals surface area contributed by atoms with E-state index in [-0.39, 0.29) is 16.8 Å². The van der Waals surface area contributed by atoms with Gasteiger partial charge in [-0.15, -0.1) is 0 Å². The summed E-state index contributed by atoms with van der Waals surface area (Å²) >= 11 is 7.74. The molecule has 0 aliphatic heterocycles. The van der Waals surface area contributed by atoms with E-state index < -0.39 is 10.0 Å². The zero-order valence-corrected chi connectivity index (χ0v) is 23.6. The molecule has 1 amide bonds. The Balaban J connectivity index is 1.42. The van der Waals surface area contributed by atoms with Gasteiger partial charge in [0, 0.05) is 37.1 Å². The molecule has 0 atom stereocenters. The van der Waals surface area contributed by atoms with E-state index >= 15 is 0 Å². The second-order valence-corrected chi connectivity index (χ2v) is 12.6. The molecule has 2 heterocycles. The number of fused-ring (bicyclic) bond motifs is 1. The Hall–Kier alpha value is -2.79. The average molecular weight is 572 g/mol. The molecule has 0 unspecified atom stereocenters. The van der Waals surface area contributed by atoms with Crippen molar-refractivity contribution in [1.82, 2.24) is 19.1 Å². The van der Waals surface area contributed by atoms with Crippen LogP contribution in [0.5, 0.6) is 0 Å². The molecule has 11 heteroatoms. The number of nitrogens with zero attached hydrogens (tertiary/aromatic N) is 5. The van der Waals surface area contributed by atoms with Gasteiger partial charge in [-0.05, 0) is 55.3 Å². The largest absolute Gasteiger partial charge is 0.282 e. The normalized spacial score (nSPS) is 14.8. The fourth-order valence-electron chi connectivity index (χ4n) is 4.99. The number of thiazole rings is 1. The SMILES string of the molecule is CCN(C1CCCCC1)S(=O)(=O)c1ccc(C(=O)N(CCn2cccn2)c2nc3c(Cl)cccc3s2)cc1. The minimum Gasteiger partial charge on any atom is -0.282 e. The minimum atomic E-state index is -3.66. The summed E-state index contributed by atoms with van der Waals surface area (Å²) in [5.41, 5.74) is 1.03. The summed E-state index contributed by atoms with van der Waals surface area (Å²) in [5, 5.41) is 5.29. The van der Waals surface area contributed by atoms with Gasteiger partial charge in [-0.3, -0.25) is 14.4 Å². The topological polar surface area (TPSA) is 88.4 Å². The van der Waals surface area contributed by atoms with Crippen LogP contribution in [0.4, 0.5) is 5.13 Å². The van der Waals surface area contributed by atoms with Gasteiger partial charge in [0.15, 0.2) is 5.13 Å². The first kappa shape index (κ1) is 26.8. The van der Waals surface area contributed by atoms with Crippen LogP contribution in [0.25, 0.3) is 10.2 Å². The molecule has 0 saturated heterocycles. The van der Waals surface area contributed by atoms with Gasteiger partial charge < -0.3 is 0 Å². The molecule has 0 N–H and O–H groups in total. The Morgan fingerprint density at radius 2 is 1.87 bits per heavy atom. The zero-order valence-electron chi connectivity index (χ0n) is 21.2. The molecule has 1 aliphatic carbocycles. The Morgan fingerprint density at radius 3 is 2.53 bits per heavy atom. The lowest BCUT2D eigenvalue weighted by Gasteiger charge is -2.32. The van der Waals surface area contributed by atoms with Crippen LogP contribution in [0, 0.1) is 0 Å². The number of sulfonamides is 1. The van der Waals surface area contributed by atoms with Crippen LogP contribution in [0.1, 0.15) is 49.4 Å². The summed E-state index contributed by atoms with van der Waals surface area (Å²) in [5.74, 6) is -0.268. The number of anilines is 1. The lowest BCUT2D eigenvalue weighted by molar-refractivity contribution is 0.0985. The molecule has 0 radical (unpaired) electrons. The molecule has 1 aliphatic rings. The molecule has 38 heavy (non-hydrogen) atoms. The second-order valence-electron chi connectivity index (χ2n) is 9.33. The van der Waals surface area contributed by atoms with E-state index in [2.05, 4.69) is 10.1 Å². The summed E-state index contributed by atoms with van der Waals surface area (Å²) in [6.07, 6.45) is 8.56. The predicted molar refractivity (Wildman–Crippen MR) is 151 cm³/mol. The molecule has 0 bridgehead atoms. The molecule has 4 aromatic rings. The van der Waals surface area contributed by atoms with Crippen LogP contribution in [0.15, 0.2) is 65.8 Å². The lowest BCUT2D eigenvalue weighted by Crippen LogP contribution is -2.41. The Bertz CT molecular complexity index is 1500. The lowest BCUT2D eigenvalue weighted by atomic mass is 9.95. The summed E-state index contributed by atoms with van der Waals surface area (Å²) in [7, 11) is -3.66.